The van der Waals surface area contributed by atoms with Gasteiger partial charge < -0.3 is 19.0 Å². The summed E-state index contributed by atoms with van der Waals surface area (Å²) in [6.07, 6.45) is 3.73. The fraction of sp³-hybridized carbons (Fsp3) is 0.350. The van der Waals surface area contributed by atoms with Crippen molar-refractivity contribution in [3.05, 3.63) is 53.6 Å². The summed E-state index contributed by atoms with van der Waals surface area (Å²) in [6.45, 7) is 5.12. The first-order valence-corrected chi connectivity index (χ1v) is 8.71. The number of fused-ring (bicyclic) bond motifs is 1. The van der Waals surface area contributed by atoms with Crippen LogP contribution < -0.4 is 4.74 Å². The van der Waals surface area contributed by atoms with E-state index in [0.717, 1.165) is 35.3 Å². The first-order chi connectivity index (χ1) is 12.1. The predicted molar refractivity (Wildman–Crippen MR) is 96.0 cm³/mol. The molecule has 3 heterocycles. The summed E-state index contributed by atoms with van der Waals surface area (Å²) >= 11 is 0. The van der Waals surface area contributed by atoms with E-state index in [1.807, 2.05) is 55.3 Å². The smallest absolute Gasteiger partial charge is 0.257 e. The number of rotatable bonds is 3. The summed E-state index contributed by atoms with van der Waals surface area (Å²) in [5.74, 6) is 2.43. The Labute approximate surface area is 146 Å². The van der Waals surface area contributed by atoms with Crippen LogP contribution in [0.1, 0.15) is 34.7 Å². The molecule has 0 radical (unpaired) electrons. The maximum absolute atomic E-state index is 12.7. The number of aryl methyl sites for hydroxylation is 2. The maximum atomic E-state index is 12.7. The number of carbonyl (C=O) groups is 1. The Morgan fingerprint density at radius 1 is 1.24 bits per heavy atom. The molecule has 1 N–H and O–H groups in total. The zero-order valence-corrected chi connectivity index (χ0v) is 14.5. The number of aromatic nitrogens is 1. The van der Waals surface area contributed by atoms with E-state index in [1.165, 1.54) is 0 Å². The number of nitrogens with zero attached hydrogens (tertiary/aromatic N) is 1. The summed E-state index contributed by atoms with van der Waals surface area (Å²) in [5.41, 5.74) is 1.75. The van der Waals surface area contributed by atoms with Crippen LogP contribution >= 0.6 is 0 Å². The molecular weight excluding hydrogens is 316 g/mol. The Hall–Kier alpha value is -2.69. The predicted octanol–water partition coefficient (Wildman–Crippen LogP) is 4.06. The molecule has 0 unspecified atom stereocenters. The number of benzene rings is 1. The number of furan rings is 1. The normalized spacial score (nSPS) is 15.7. The highest BCUT2D eigenvalue weighted by molar-refractivity contribution is 5.95. The lowest BCUT2D eigenvalue weighted by molar-refractivity contribution is 0.0596. The topological polar surface area (TPSA) is 58.5 Å². The molecule has 0 atom stereocenters. The Balaban J connectivity index is 1.41. The summed E-state index contributed by atoms with van der Waals surface area (Å²) in [5, 5.41) is 1.10. The van der Waals surface area contributed by atoms with Gasteiger partial charge in [0.2, 0.25) is 0 Å². The Bertz CT molecular complexity index is 901. The standard InChI is InChI=1S/C20H22N2O3/c1-13-12-17(14(2)24-13)20(23)22-10-7-15(8-11-22)25-19-5-3-4-18-16(19)6-9-21-18/h3-6,9,12,15,21H,7-8,10-11H2,1-2H3. The highest BCUT2D eigenvalue weighted by Crippen LogP contribution is 2.28. The minimum Gasteiger partial charge on any atom is -0.490 e. The average Bonchev–Trinajstić information content (AvgIpc) is 3.21. The first kappa shape index (κ1) is 15.8. The zero-order valence-electron chi connectivity index (χ0n) is 14.5. The molecule has 1 aromatic carbocycles. The third kappa shape index (κ3) is 3.02. The van der Waals surface area contributed by atoms with Crippen LogP contribution in [0.5, 0.6) is 5.75 Å². The van der Waals surface area contributed by atoms with E-state index in [2.05, 4.69) is 4.98 Å². The van der Waals surface area contributed by atoms with Gasteiger partial charge in [0.05, 0.1) is 5.56 Å². The van der Waals surface area contributed by atoms with Gasteiger partial charge in [-0.2, -0.15) is 0 Å². The monoisotopic (exact) mass is 338 g/mol. The van der Waals surface area contributed by atoms with Crippen LogP contribution in [-0.4, -0.2) is 35.0 Å². The van der Waals surface area contributed by atoms with Gasteiger partial charge in [0.25, 0.3) is 5.91 Å². The van der Waals surface area contributed by atoms with E-state index >= 15 is 0 Å². The lowest BCUT2D eigenvalue weighted by Gasteiger charge is -2.32. The molecular formula is C20H22N2O3. The molecule has 1 amide bonds. The Kier molecular flexibility index (Phi) is 3.99. The number of hydrogen-bond acceptors (Lipinski definition) is 3. The van der Waals surface area contributed by atoms with E-state index in [0.29, 0.717) is 24.4 Å². The summed E-state index contributed by atoms with van der Waals surface area (Å²) < 4.78 is 11.7. The van der Waals surface area contributed by atoms with Crippen LogP contribution in [0.4, 0.5) is 0 Å². The van der Waals surface area contributed by atoms with Gasteiger partial charge in [-0.15, -0.1) is 0 Å². The molecule has 1 aliphatic rings. The van der Waals surface area contributed by atoms with Crippen LogP contribution in [-0.2, 0) is 0 Å². The fourth-order valence-electron chi connectivity index (χ4n) is 3.53. The number of amides is 1. The van der Waals surface area contributed by atoms with Crippen LogP contribution in [0.15, 0.2) is 40.9 Å². The van der Waals surface area contributed by atoms with Crippen LogP contribution in [0, 0.1) is 13.8 Å². The van der Waals surface area contributed by atoms with Crippen molar-refractivity contribution in [3.8, 4) is 5.75 Å². The molecule has 5 nitrogen and oxygen atoms in total. The van der Waals surface area contributed by atoms with Crippen molar-refractivity contribution in [2.24, 2.45) is 0 Å². The maximum Gasteiger partial charge on any atom is 0.257 e. The highest BCUT2D eigenvalue weighted by atomic mass is 16.5. The second-order valence-corrected chi connectivity index (χ2v) is 6.63. The summed E-state index contributed by atoms with van der Waals surface area (Å²) in [7, 11) is 0. The van der Waals surface area contributed by atoms with Crippen molar-refractivity contribution in [2.75, 3.05) is 13.1 Å². The quantitative estimate of drug-likeness (QED) is 0.783. The fourth-order valence-corrected chi connectivity index (χ4v) is 3.53. The van der Waals surface area contributed by atoms with Gasteiger partial charge >= 0.3 is 0 Å². The Morgan fingerprint density at radius 2 is 2.04 bits per heavy atom. The molecule has 1 saturated heterocycles. The van der Waals surface area contributed by atoms with E-state index in [-0.39, 0.29) is 12.0 Å². The van der Waals surface area contributed by atoms with Gasteiger partial charge in [0.1, 0.15) is 23.4 Å². The molecule has 0 saturated carbocycles. The molecule has 130 valence electrons. The first-order valence-electron chi connectivity index (χ1n) is 8.71. The molecule has 25 heavy (non-hydrogen) atoms. The van der Waals surface area contributed by atoms with Crippen molar-refractivity contribution in [1.29, 1.82) is 0 Å². The third-order valence-corrected chi connectivity index (χ3v) is 4.85. The molecule has 0 spiro atoms. The lowest BCUT2D eigenvalue weighted by Crippen LogP contribution is -2.41. The number of carbonyl (C=O) groups excluding carboxylic acids is 1. The number of piperidine rings is 1. The van der Waals surface area contributed by atoms with Crippen molar-refractivity contribution >= 4 is 16.8 Å². The van der Waals surface area contributed by atoms with Crippen LogP contribution in [0.2, 0.25) is 0 Å². The van der Waals surface area contributed by atoms with Gasteiger partial charge in [-0.25, -0.2) is 0 Å². The molecule has 4 rings (SSSR count). The van der Waals surface area contributed by atoms with Gasteiger partial charge in [-0.3, -0.25) is 4.79 Å². The molecule has 0 bridgehead atoms. The number of H-pyrrole nitrogens is 1. The largest absolute Gasteiger partial charge is 0.490 e. The van der Waals surface area contributed by atoms with E-state index < -0.39 is 0 Å². The van der Waals surface area contributed by atoms with Gasteiger partial charge in [-0.05, 0) is 38.1 Å². The van der Waals surface area contributed by atoms with E-state index in [9.17, 15) is 4.79 Å². The minimum atomic E-state index is 0.0561. The average molecular weight is 338 g/mol. The van der Waals surface area contributed by atoms with Gasteiger partial charge in [0.15, 0.2) is 0 Å². The van der Waals surface area contributed by atoms with Crippen molar-refractivity contribution < 1.29 is 13.9 Å². The molecule has 3 aromatic rings. The Morgan fingerprint density at radius 3 is 2.76 bits per heavy atom. The van der Waals surface area contributed by atoms with E-state index in [4.69, 9.17) is 9.15 Å². The SMILES string of the molecule is Cc1cc(C(=O)N2CCC(Oc3cccc4[nH]ccc34)CC2)c(C)o1. The van der Waals surface area contributed by atoms with Crippen molar-refractivity contribution in [2.45, 2.75) is 32.8 Å². The molecule has 2 aromatic heterocycles. The second-order valence-electron chi connectivity index (χ2n) is 6.63. The second kappa shape index (κ2) is 6.31. The number of ether oxygens (including phenoxy) is 1. The van der Waals surface area contributed by atoms with Crippen molar-refractivity contribution in [3.63, 3.8) is 0 Å². The minimum absolute atomic E-state index is 0.0561. The van der Waals surface area contributed by atoms with Crippen LogP contribution in [0.3, 0.4) is 0 Å². The number of hydrogen-bond donors (Lipinski definition) is 1. The number of aromatic amines is 1. The van der Waals surface area contributed by atoms with E-state index in [1.54, 1.807) is 0 Å². The zero-order chi connectivity index (χ0) is 17.4. The highest BCUT2D eigenvalue weighted by Gasteiger charge is 2.27. The van der Waals surface area contributed by atoms with Gasteiger partial charge in [0, 0.05) is 43.0 Å². The number of likely N-dealkylation sites (tertiary alicyclic amines) is 1. The van der Waals surface area contributed by atoms with Gasteiger partial charge in [-0.1, -0.05) is 6.07 Å². The summed E-state index contributed by atoms with van der Waals surface area (Å²) in [6, 6.07) is 9.90. The molecule has 0 aliphatic carbocycles. The lowest BCUT2D eigenvalue weighted by atomic mass is 10.1. The number of nitrogens with one attached hydrogen (secondary N) is 1. The molecule has 5 heteroatoms. The third-order valence-electron chi connectivity index (χ3n) is 4.85. The van der Waals surface area contributed by atoms with Crippen LogP contribution in [0.25, 0.3) is 10.9 Å². The molecule has 1 fully saturated rings. The molecule has 1 aliphatic heterocycles. The summed E-state index contributed by atoms with van der Waals surface area (Å²) in [4.78, 5) is 17.8. The van der Waals surface area contributed by atoms with Crippen molar-refractivity contribution in [1.82, 2.24) is 9.88 Å².